The number of aromatic nitrogens is 1. The first kappa shape index (κ1) is 14.8. The van der Waals surface area contributed by atoms with Crippen molar-refractivity contribution < 1.29 is 23.1 Å². The van der Waals surface area contributed by atoms with Gasteiger partial charge in [0, 0.05) is 11.8 Å². The Kier molecular flexibility index (Phi) is 3.83. The molecule has 0 fully saturated rings. The van der Waals surface area contributed by atoms with Crippen molar-refractivity contribution in [1.29, 1.82) is 0 Å². The van der Waals surface area contributed by atoms with E-state index in [9.17, 15) is 18.0 Å². The lowest BCUT2D eigenvalue weighted by Crippen LogP contribution is -2.14. The maximum absolute atomic E-state index is 12.3. The predicted molar refractivity (Wildman–Crippen MR) is 72.4 cm³/mol. The molecule has 0 atom stereocenters. The van der Waals surface area contributed by atoms with E-state index in [-0.39, 0.29) is 16.0 Å². The molecule has 21 heavy (non-hydrogen) atoms. The highest BCUT2D eigenvalue weighted by atomic mass is 32.2. The first-order valence-electron chi connectivity index (χ1n) is 5.66. The fraction of sp³-hybridized carbons (Fsp3) is 0. The van der Waals surface area contributed by atoms with Gasteiger partial charge < -0.3 is 5.11 Å². The number of benzene rings is 1. The molecule has 108 valence electrons. The molecule has 1 heterocycles. The SMILES string of the molecule is NS(=O)(=O)c1cccc(C(=O)c2cccnc2C(=O)O)c1. The molecule has 0 saturated heterocycles. The van der Waals surface area contributed by atoms with Gasteiger partial charge in [-0.3, -0.25) is 4.79 Å². The number of carbonyl (C=O) groups is 2. The van der Waals surface area contributed by atoms with Crippen LogP contribution in [0.15, 0.2) is 47.5 Å². The van der Waals surface area contributed by atoms with E-state index in [2.05, 4.69) is 4.98 Å². The second-order valence-corrected chi connectivity index (χ2v) is 5.67. The molecular weight excluding hydrogens is 296 g/mol. The average Bonchev–Trinajstić information content (AvgIpc) is 2.45. The fourth-order valence-corrected chi connectivity index (χ4v) is 2.29. The number of ketones is 1. The standard InChI is InChI=1S/C13H10N2O5S/c14-21(19,20)9-4-1-3-8(7-9)12(16)10-5-2-6-15-11(10)13(17)18/h1-7H,(H,17,18)(H2,14,19,20). The quantitative estimate of drug-likeness (QED) is 0.799. The molecule has 0 aliphatic heterocycles. The molecule has 0 bridgehead atoms. The van der Waals surface area contributed by atoms with Crippen molar-refractivity contribution in [1.82, 2.24) is 4.98 Å². The molecule has 0 aliphatic rings. The van der Waals surface area contributed by atoms with E-state index in [4.69, 9.17) is 10.2 Å². The van der Waals surface area contributed by atoms with Crippen molar-refractivity contribution in [2.75, 3.05) is 0 Å². The monoisotopic (exact) mass is 306 g/mol. The van der Waals surface area contributed by atoms with E-state index >= 15 is 0 Å². The number of rotatable bonds is 4. The van der Waals surface area contributed by atoms with Crippen LogP contribution in [0.5, 0.6) is 0 Å². The van der Waals surface area contributed by atoms with E-state index < -0.39 is 27.5 Å². The molecule has 0 saturated carbocycles. The summed E-state index contributed by atoms with van der Waals surface area (Å²) in [5, 5.41) is 14.0. The normalized spacial score (nSPS) is 11.1. The zero-order valence-electron chi connectivity index (χ0n) is 10.6. The van der Waals surface area contributed by atoms with Crippen molar-refractivity contribution in [3.05, 3.63) is 59.4 Å². The van der Waals surface area contributed by atoms with E-state index in [1.54, 1.807) is 0 Å². The number of carbonyl (C=O) groups excluding carboxylic acids is 1. The van der Waals surface area contributed by atoms with Gasteiger partial charge in [0.1, 0.15) is 0 Å². The Bertz CT molecular complexity index is 830. The number of aromatic carboxylic acids is 1. The molecule has 3 N–H and O–H groups in total. The molecule has 0 radical (unpaired) electrons. The van der Waals surface area contributed by atoms with Gasteiger partial charge in [-0.25, -0.2) is 23.3 Å². The second kappa shape index (κ2) is 5.43. The molecule has 0 spiro atoms. The number of nitrogens with two attached hydrogens (primary N) is 1. The molecule has 7 nitrogen and oxygen atoms in total. The van der Waals surface area contributed by atoms with Crippen LogP contribution in [0.25, 0.3) is 0 Å². The van der Waals surface area contributed by atoms with Gasteiger partial charge in [-0.2, -0.15) is 0 Å². The molecule has 2 rings (SSSR count). The van der Waals surface area contributed by atoms with Crippen molar-refractivity contribution in [2.24, 2.45) is 5.14 Å². The van der Waals surface area contributed by atoms with Crippen LogP contribution in [0.2, 0.25) is 0 Å². The summed E-state index contributed by atoms with van der Waals surface area (Å²) in [6.07, 6.45) is 1.25. The Morgan fingerprint density at radius 1 is 1.14 bits per heavy atom. The summed E-state index contributed by atoms with van der Waals surface area (Å²) in [6.45, 7) is 0. The Morgan fingerprint density at radius 2 is 1.86 bits per heavy atom. The smallest absolute Gasteiger partial charge is 0.355 e. The number of sulfonamides is 1. The minimum Gasteiger partial charge on any atom is -0.476 e. The summed E-state index contributed by atoms with van der Waals surface area (Å²) in [6, 6.07) is 7.79. The second-order valence-electron chi connectivity index (χ2n) is 4.11. The number of primary sulfonamides is 1. The van der Waals surface area contributed by atoms with Crippen LogP contribution in [-0.4, -0.2) is 30.3 Å². The Balaban J connectivity index is 2.54. The van der Waals surface area contributed by atoms with Gasteiger partial charge in [-0.1, -0.05) is 12.1 Å². The molecule has 8 heteroatoms. The predicted octanol–water partition coefficient (Wildman–Crippen LogP) is 0.658. The zero-order valence-corrected chi connectivity index (χ0v) is 11.4. The highest BCUT2D eigenvalue weighted by Gasteiger charge is 2.20. The average molecular weight is 306 g/mol. The molecule has 0 unspecified atom stereocenters. The summed E-state index contributed by atoms with van der Waals surface area (Å²) in [4.78, 5) is 26.8. The number of carboxylic acids is 1. The number of carboxylic acid groups (broad SMARTS) is 1. The van der Waals surface area contributed by atoms with Crippen molar-refractivity contribution in [3.63, 3.8) is 0 Å². The third-order valence-corrected chi connectivity index (χ3v) is 3.59. The van der Waals surface area contributed by atoms with Gasteiger partial charge in [-0.15, -0.1) is 0 Å². The topological polar surface area (TPSA) is 127 Å². The molecule has 1 aromatic heterocycles. The molecule has 2 aromatic rings. The minimum absolute atomic E-state index is 0.0111. The van der Waals surface area contributed by atoms with Crippen molar-refractivity contribution in [3.8, 4) is 0 Å². The lowest BCUT2D eigenvalue weighted by atomic mass is 10.0. The highest BCUT2D eigenvalue weighted by molar-refractivity contribution is 7.89. The maximum atomic E-state index is 12.3. The zero-order chi connectivity index (χ0) is 15.6. The summed E-state index contributed by atoms with van der Waals surface area (Å²) < 4.78 is 22.6. The summed E-state index contributed by atoms with van der Waals surface area (Å²) in [7, 11) is -3.95. The van der Waals surface area contributed by atoms with Gasteiger partial charge in [0.25, 0.3) is 0 Å². The van der Waals surface area contributed by atoms with Crippen LogP contribution in [0.4, 0.5) is 0 Å². The third-order valence-electron chi connectivity index (χ3n) is 2.68. The summed E-state index contributed by atoms with van der Waals surface area (Å²) in [5.74, 6) is -1.99. The Hall–Kier alpha value is -2.58. The van der Waals surface area contributed by atoms with Crippen molar-refractivity contribution in [2.45, 2.75) is 4.90 Å². The number of nitrogens with zero attached hydrogens (tertiary/aromatic N) is 1. The summed E-state index contributed by atoms with van der Waals surface area (Å²) in [5.41, 5.74) is -0.517. The Labute approximate surface area is 120 Å². The molecule has 0 aliphatic carbocycles. The van der Waals surface area contributed by atoms with Gasteiger partial charge in [0.2, 0.25) is 10.0 Å². The lowest BCUT2D eigenvalue weighted by molar-refractivity contribution is 0.0686. The lowest BCUT2D eigenvalue weighted by Gasteiger charge is -2.05. The van der Waals surface area contributed by atoms with E-state index in [0.717, 1.165) is 6.07 Å². The van der Waals surface area contributed by atoms with Gasteiger partial charge in [-0.05, 0) is 24.3 Å². The van der Waals surface area contributed by atoms with Crippen LogP contribution < -0.4 is 5.14 Å². The number of pyridine rings is 1. The molecule has 1 aromatic carbocycles. The first-order chi connectivity index (χ1) is 9.80. The largest absolute Gasteiger partial charge is 0.476 e. The third kappa shape index (κ3) is 3.12. The molecule has 0 amide bonds. The number of hydrogen-bond acceptors (Lipinski definition) is 5. The van der Waals surface area contributed by atoms with Crippen LogP contribution in [0.1, 0.15) is 26.4 Å². The molecular formula is C13H10N2O5S. The van der Waals surface area contributed by atoms with Gasteiger partial charge in [0.15, 0.2) is 11.5 Å². The van der Waals surface area contributed by atoms with Crippen molar-refractivity contribution >= 4 is 21.8 Å². The van der Waals surface area contributed by atoms with E-state index in [1.807, 2.05) is 0 Å². The van der Waals surface area contributed by atoms with Gasteiger partial charge in [0.05, 0.1) is 10.5 Å². The van der Waals surface area contributed by atoms with E-state index in [0.29, 0.717) is 0 Å². The van der Waals surface area contributed by atoms with Gasteiger partial charge >= 0.3 is 5.97 Å². The van der Waals surface area contributed by atoms with Crippen LogP contribution in [-0.2, 0) is 10.0 Å². The number of hydrogen-bond donors (Lipinski definition) is 2. The minimum atomic E-state index is -3.95. The van der Waals surface area contributed by atoms with Crippen LogP contribution in [0, 0.1) is 0 Å². The maximum Gasteiger partial charge on any atom is 0.355 e. The van der Waals surface area contributed by atoms with E-state index in [1.165, 1.54) is 36.5 Å². The highest BCUT2D eigenvalue weighted by Crippen LogP contribution is 2.16. The summed E-state index contributed by atoms with van der Waals surface area (Å²) >= 11 is 0. The first-order valence-corrected chi connectivity index (χ1v) is 7.21. The Morgan fingerprint density at radius 3 is 2.48 bits per heavy atom. The fourth-order valence-electron chi connectivity index (χ4n) is 1.73. The van der Waals surface area contributed by atoms with Crippen LogP contribution in [0.3, 0.4) is 0 Å². The van der Waals surface area contributed by atoms with Crippen LogP contribution >= 0.6 is 0 Å².